The summed E-state index contributed by atoms with van der Waals surface area (Å²) in [4.78, 5) is 2.52. The molecule has 4 heteroatoms. The predicted octanol–water partition coefficient (Wildman–Crippen LogP) is 5.15. The lowest BCUT2D eigenvalue weighted by atomic mass is 10.00. The van der Waals surface area contributed by atoms with Gasteiger partial charge in [-0.25, -0.2) is 0 Å². The van der Waals surface area contributed by atoms with Gasteiger partial charge in [0, 0.05) is 20.3 Å². The van der Waals surface area contributed by atoms with E-state index in [2.05, 4.69) is 0 Å². The molecule has 0 saturated heterocycles. The van der Waals surface area contributed by atoms with Gasteiger partial charge in [-0.15, -0.1) is 23.5 Å². The Bertz CT molecular complexity index is 611. The molecule has 0 spiro atoms. The summed E-state index contributed by atoms with van der Waals surface area (Å²) >= 11 is 3.95. The summed E-state index contributed by atoms with van der Waals surface area (Å²) in [6.45, 7) is 0. The summed E-state index contributed by atoms with van der Waals surface area (Å²) in [7, 11) is 0. The van der Waals surface area contributed by atoms with E-state index in [1.54, 1.807) is 24.3 Å². The number of hydrogen-bond donors (Lipinski definition) is 2. The first-order chi connectivity index (χ1) is 11.2. The van der Waals surface area contributed by atoms with Crippen LogP contribution in [0, 0.1) is 11.8 Å². The molecule has 23 heavy (non-hydrogen) atoms. The third-order valence-electron chi connectivity index (χ3n) is 4.94. The number of thioether (sulfide) groups is 2. The maximum absolute atomic E-state index is 9.42. The van der Waals surface area contributed by atoms with Crippen molar-refractivity contribution < 1.29 is 10.2 Å². The van der Waals surface area contributed by atoms with Crippen molar-refractivity contribution in [2.45, 2.75) is 39.6 Å². The van der Waals surface area contributed by atoms with Crippen molar-refractivity contribution in [2.75, 3.05) is 0 Å². The molecule has 2 nitrogen and oxygen atoms in total. The van der Waals surface area contributed by atoms with Crippen molar-refractivity contribution in [3.05, 3.63) is 48.5 Å². The monoisotopic (exact) mass is 344 g/mol. The van der Waals surface area contributed by atoms with Crippen molar-refractivity contribution >= 4 is 23.5 Å². The molecule has 2 unspecified atom stereocenters. The van der Waals surface area contributed by atoms with Gasteiger partial charge >= 0.3 is 0 Å². The van der Waals surface area contributed by atoms with E-state index in [0.717, 1.165) is 11.8 Å². The van der Waals surface area contributed by atoms with Crippen LogP contribution >= 0.6 is 23.5 Å². The van der Waals surface area contributed by atoms with Crippen molar-refractivity contribution in [1.82, 2.24) is 0 Å². The Morgan fingerprint density at radius 2 is 1.09 bits per heavy atom. The molecule has 2 aromatic carbocycles. The zero-order valence-corrected chi connectivity index (χ0v) is 14.4. The van der Waals surface area contributed by atoms with Crippen LogP contribution in [-0.2, 0) is 0 Å². The second-order valence-corrected chi connectivity index (χ2v) is 9.16. The smallest absolute Gasteiger partial charge is 0.115 e. The molecule has 2 N–H and O–H groups in total. The Morgan fingerprint density at radius 1 is 0.652 bits per heavy atom. The highest BCUT2D eigenvalue weighted by Gasteiger charge is 2.46. The van der Waals surface area contributed by atoms with Gasteiger partial charge in [0.05, 0.1) is 0 Å². The maximum Gasteiger partial charge on any atom is 0.115 e. The number of hydrogen-bond acceptors (Lipinski definition) is 4. The average molecular weight is 345 g/mol. The zero-order chi connectivity index (χ0) is 15.8. The predicted molar refractivity (Wildman–Crippen MR) is 96.3 cm³/mol. The number of benzene rings is 2. The van der Waals surface area contributed by atoms with E-state index in [1.807, 2.05) is 47.8 Å². The molecule has 2 bridgehead atoms. The molecule has 2 aliphatic rings. The molecule has 120 valence electrons. The Hall–Kier alpha value is -1.26. The van der Waals surface area contributed by atoms with Gasteiger partial charge in [0.25, 0.3) is 0 Å². The molecule has 0 aromatic heterocycles. The third kappa shape index (κ3) is 3.33. The van der Waals surface area contributed by atoms with Crippen LogP contribution in [-0.4, -0.2) is 20.7 Å². The fourth-order valence-corrected chi connectivity index (χ4v) is 6.97. The summed E-state index contributed by atoms with van der Waals surface area (Å²) in [6, 6.07) is 15.2. The number of phenols is 2. The van der Waals surface area contributed by atoms with E-state index in [0.29, 0.717) is 22.0 Å². The lowest BCUT2D eigenvalue weighted by Gasteiger charge is -2.28. The number of phenolic OH excluding ortho intramolecular Hbond substituents is 2. The Kier molecular flexibility index (Phi) is 4.20. The second-order valence-electron chi connectivity index (χ2n) is 6.54. The van der Waals surface area contributed by atoms with Gasteiger partial charge in [-0.05, 0) is 79.6 Å². The van der Waals surface area contributed by atoms with Gasteiger partial charge < -0.3 is 10.2 Å². The van der Waals surface area contributed by atoms with E-state index >= 15 is 0 Å². The molecular formula is C19H20O2S2. The van der Waals surface area contributed by atoms with Crippen LogP contribution in [0.5, 0.6) is 11.5 Å². The SMILES string of the molecule is Oc1ccc(SC2CC3CC(Sc4ccc(O)cc4)C2C3)cc1. The second kappa shape index (κ2) is 6.33. The topological polar surface area (TPSA) is 40.5 Å². The van der Waals surface area contributed by atoms with E-state index in [9.17, 15) is 10.2 Å². The zero-order valence-electron chi connectivity index (χ0n) is 12.8. The highest BCUT2D eigenvalue weighted by Crippen LogP contribution is 2.55. The molecule has 2 atom stereocenters. The largest absolute Gasteiger partial charge is 0.508 e. The number of fused-ring (bicyclic) bond motifs is 2. The lowest BCUT2D eigenvalue weighted by Crippen LogP contribution is -2.24. The first-order valence-electron chi connectivity index (χ1n) is 8.09. The van der Waals surface area contributed by atoms with Crippen molar-refractivity contribution in [1.29, 1.82) is 0 Å². The molecule has 2 aromatic rings. The minimum Gasteiger partial charge on any atom is -0.508 e. The van der Waals surface area contributed by atoms with Crippen LogP contribution in [0.25, 0.3) is 0 Å². The summed E-state index contributed by atoms with van der Waals surface area (Å²) in [5.41, 5.74) is 0. The van der Waals surface area contributed by atoms with Crippen LogP contribution in [0.4, 0.5) is 0 Å². The molecular weight excluding hydrogens is 324 g/mol. The minimum atomic E-state index is 0.336. The Balaban J connectivity index is 1.43. The number of aromatic hydroxyl groups is 2. The minimum absolute atomic E-state index is 0.336. The summed E-state index contributed by atoms with van der Waals surface area (Å²) in [5.74, 6) is 2.30. The Morgan fingerprint density at radius 3 is 1.48 bits per heavy atom. The lowest BCUT2D eigenvalue weighted by molar-refractivity contribution is 0.474. The molecule has 0 heterocycles. The van der Waals surface area contributed by atoms with E-state index in [4.69, 9.17) is 0 Å². The molecule has 2 saturated carbocycles. The summed E-state index contributed by atoms with van der Waals surface area (Å²) in [6.07, 6.45) is 4.00. The number of rotatable bonds is 4. The van der Waals surface area contributed by atoms with E-state index in [1.165, 1.54) is 29.1 Å². The molecule has 4 rings (SSSR count). The Labute approximate surface area is 145 Å². The van der Waals surface area contributed by atoms with Gasteiger partial charge in [-0.3, -0.25) is 0 Å². The standard InChI is InChI=1S/C19H20O2S2/c20-13-1-5-15(6-2-13)22-18-10-12-9-17(18)19(11-12)23-16-7-3-14(21)4-8-16/h1-8,12,17-21H,9-11H2. The highest BCUT2D eigenvalue weighted by atomic mass is 32.2. The van der Waals surface area contributed by atoms with Gasteiger partial charge in [0.15, 0.2) is 0 Å². The van der Waals surface area contributed by atoms with Gasteiger partial charge in [-0.2, -0.15) is 0 Å². The van der Waals surface area contributed by atoms with Crippen molar-refractivity contribution in [2.24, 2.45) is 11.8 Å². The van der Waals surface area contributed by atoms with Crippen molar-refractivity contribution in [3.63, 3.8) is 0 Å². The third-order valence-corrected chi connectivity index (χ3v) is 7.72. The summed E-state index contributed by atoms with van der Waals surface area (Å²) in [5, 5.41) is 20.2. The van der Waals surface area contributed by atoms with Crippen molar-refractivity contribution in [3.8, 4) is 11.5 Å². The molecule has 0 amide bonds. The van der Waals surface area contributed by atoms with Gasteiger partial charge in [0.2, 0.25) is 0 Å². The molecule has 2 aliphatic carbocycles. The first-order valence-corrected chi connectivity index (χ1v) is 9.85. The van der Waals surface area contributed by atoms with Crippen LogP contribution in [0.2, 0.25) is 0 Å². The normalized spacial score (nSPS) is 29.0. The fourth-order valence-electron chi connectivity index (χ4n) is 3.89. The average Bonchev–Trinajstić information content (AvgIpc) is 3.11. The molecule has 0 aliphatic heterocycles. The van der Waals surface area contributed by atoms with Crippen LogP contribution in [0.15, 0.2) is 58.3 Å². The first kappa shape index (κ1) is 15.3. The fraction of sp³-hybridized carbons (Fsp3) is 0.368. The van der Waals surface area contributed by atoms with Gasteiger partial charge in [-0.1, -0.05) is 0 Å². The highest BCUT2D eigenvalue weighted by molar-refractivity contribution is 8.01. The maximum atomic E-state index is 9.42. The van der Waals surface area contributed by atoms with Gasteiger partial charge in [0.1, 0.15) is 11.5 Å². The summed E-state index contributed by atoms with van der Waals surface area (Å²) < 4.78 is 0. The van der Waals surface area contributed by atoms with Crippen LogP contribution < -0.4 is 0 Å². The molecule has 2 fully saturated rings. The van der Waals surface area contributed by atoms with Crippen LogP contribution in [0.3, 0.4) is 0 Å². The van der Waals surface area contributed by atoms with E-state index < -0.39 is 0 Å². The quantitative estimate of drug-likeness (QED) is 0.805. The molecule has 0 radical (unpaired) electrons. The van der Waals surface area contributed by atoms with Crippen LogP contribution in [0.1, 0.15) is 19.3 Å². The van der Waals surface area contributed by atoms with E-state index in [-0.39, 0.29) is 0 Å².